The van der Waals surface area contributed by atoms with E-state index in [2.05, 4.69) is 33.9 Å². The van der Waals surface area contributed by atoms with Gasteiger partial charge in [-0.1, -0.05) is 129 Å². The van der Waals surface area contributed by atoms with Crippen LogP contribution in [0.2, 0.25) is 0 Å². The van der Waals surface area contributed by atoms with Gasteiger partial charge < -0.3 is 19.1 Å². The second-order valence-electron chi connectivity index (χ2n) is 12.5. The highest BCUT2D eigenvalue weighted by Gasteiger charge is 2.35. The predicted octanol–water partition coefficient (Wildman–Crippen LogP) is 14.0. The molecule has 0 aliphatic heterocycles. The lowest BCUT2D eigenvalue weighted by Crippen LogP contribution is -2.19. The van der Waals surface area contributed by atoms with Gasteiger partial charge in [0.1, 0.15) is 17.2 Å². The van der Waals surface area contributed by atoms with Crippen molar-refractivity contribution in [2.24, 2.45) is 0 Å². The number of anilines is 3. The molecule has 0 unspecified atom stereocenters. The molecule has 6 aromatic rings. The summed E-state index contributed by atoms with van der Waals surface area (Å²) in [6, 6.07) is 35.7. The molecule has 0 bridgehead atoms. The molecule has 0 aliphatic rings. The third kappa shape index (κ3) is 9.38. The first-order valence-corrected chi connectivity index (χ1v) is 17.1. The Labute approximate surface area is 327 Å². The van der Waals surface area contributed by atoms with Crippen molar-refractivity contribution >= 4 is 33.8 Å². The zero-order chi connectivity index (χ0) is 41.8. The van der Waals surface area contributed by atoms with Crippen LogP contribution in [0.15, 0.2) is 165 Å². The molecule has 0 aliphatic carbocycles. The van der Waals surface area contributed by atoms with E-state index in [0.29, 0.717) is 0 Å². The van der Waals surface area contributed by atoms with Gasteiger partial charge in [-0.2, -0.15) is 0 Å². The second kappa shape index (κ2) is 16.3. The molecule has 0 saturated carbocycles. The van der Waals surface area contributed by atoms with Gasteiger partial charge in [-0.15, -0.1) is 39.5 Å². The number of benzene rings is 6. The van der Waals surface area contributed by atoms with Gasteiger partial charge in [-0.3, -0.25) is 0 Å². The topological polar surface area (TPSA) is 30.9 Å². The average Bonchev–Trinajstić information content (AvgIpc) is 3.17. The highest BCUT2D eigenvalue weighted by molar-refractivity contribution is 5.99. The molecule has 58 heavy (non-hydrogen) atoms. The van der Waals surface area contributed by atoms with E-state index in [1.54, 1.807) is 77.7 Å². The van der Waals surface area contributed by atoms with Gasteiger partial charge >= 0.3 is 19.1 Å². The summed E-state index contributed by atoms with van der Waals surface area (Å²) in [4.78, 5) is 1.65. The molecule has 13 heteroatoms. The maximum absolute atomic E-state index is 13.6. The quantitative estimate of drug-likeness (QED) is 0.115. The number of alkyl halides is 9. The molecule has 0 aromatic heterocycles. The zero-order valence-electron chi connectivity index (χ0n) is 30.1. The number of nitrogens with zero attached hydrogens (tertiary/aromatic N) is 1. The van der Waals surface area contributed by atoms with Crippen LogP contribution in [0.5, 0.6) is 17.2 Å². The fraction of sp³-hybridized carbons (Fsp3) is 0.0667. The molecule has 296 valence electrons. The largest absolute Gasteiger partial charge is 0.573 e. The van der Waals surface area contributed by atoms with Gasteiger partial charge in [0.15, 0.2) is 0 Å². The Morgan fingerprint density at radius 1 is 0.328 bits per heavy atom. The highest BCUT2D eigenvalue weighted by atomic mass is 19.4. The van der Waals surface area contributed by atoms with E-state index >= 15 is 0 Å². The lowest BCUT2D eigenvalue weighted by molar-refractivity contribution is -0.275. The average molecular weight is 804 g/mol. The van der Waals surface area contributed by atoms with Gasteiger partial charge in [0, 0.05) is 33.4 Å². The molecule has 6 rings (SSSR count). The van der Waals surface area contributed by atoms with Crippen LogP contribution in [-0.2, 0) is 0 Å². The molecule has 0 heterocycles. The molecule has 0 radical (unpaired) electrons. The third-order valence-electron chi connectivity index (χ3n) is 8.72. The van der Waals surface area contributed by atoms with Crippen LogP contribution in [0.4, 0.5) is 56.6 Å². The first-order valence-electron chi connectivity index (χ1n) is 17.1. The SMILES string of the molecule is C=C(c1ccccc1OC(F)(F)F)c1ccccc1N(c1ccccc1C(=C)c1ccccc1OC(F)(F)F)c1ccccc1C(=C)c1ccccc1OC(F)(F)F. The maximum Gasteiger partial charge on any atom is 0.573 e. The van der Waals surface area contributed by atoms with Gasteiger partial charge in [0.05, 0.1) is 17.1 Å². The van der Waals surface area contributed by atoms with Gasteiger partial charge in [-0.05, 0) is 53.1 Å². The van der Waals surface area contributed by atoms with Crippen molar-refractivity contribution in [2.45, 2.75) is 19.1 Å². The summed E-state index contributed by atoms with van der Waals surface area (Å²) in [5.74, 6) is -1.61. The molecule has 0 fully saturated rings. The number of hydrogen-bond donors (Lipinski definition) is 0. The summed E-state index contributed by atoms with van der Waals surface area (Å²) in [5.41, 5.74) is 1.91. The Balaban J connectivity index is 1.62. The summed E-state index contributed by atoms with van der Waals surface area (Å²) in [6.07, 6.45) is -15.1. The van der Waals surface area contributed by atoms with Crippen molar-refractivity contribution in [2.75, 3.05) is 4.90 Å². The van der Waals surface area contributed by atoms with E-state index in [9.17, 15) is 39.5 Å². The van der Waals surface area contributed by atoms with Gasteiger partial charge in [0.25, 0.3) is 0 Å². The van der Waals surface area contributed by atoms with Crippen molar-refractivity contribution in [1.29, 1.82) is 0 Å². The van der Waals surface area contributed by atoms with Crippen LogP contribution in [-0.4, -0.2) is 19.1 Å². The summed E-state index contributed by atoms with van der Waals surface area (Å²) >= 11 is 0. The van der Waals surface area contributed by atoms with Crippen LogP contribution < -0.4 is 19.1 Å². The Hall–Kier alpha value is -6.89. The van der Waals surface area contributed by atoms with Crippen LogP contribution in [0.25, 0.3) is 16.7 Å². The number of rotatable bonds is 12. The molecule has 6 aromatic carbocycles. The van der Waals surface area contributed by atoms with Crippen molar-refractivity contribution in [3.8, 4) is 17.2 Å². The molecule has 0 saturated heterocycles. The van der Waals surface area contributed by atoms with E-state index in [1.165, 1.54) is 54.6 Å². The normalized spacial score (nSPS) is 11.7. The van der Waals surface area contributed by atoms with E-state index in [1.807, 2.05) is 0 Å². The molecular weight excluding hydrogens is 773 g/mol. The van der Waals surface area contributed by atoms with E-state index < -0.39 is 36.3 Å². The van der Waals surface area contributed by atoms with Crippen molar-refractivity contribution < 1.29 is 53.7 Å². The number of halogens is 9. The number of ether oxygens (including phenoxy) is 3. The van der Waals surface area contributed by atoms with Crippen molar-refractivity contribution in [3.63, 3.8) is 0 Å². The molecule has 0 spiro atoms. The van der Waals surface area contributed by atoms with Crippen LogP contribution in [0, 0.1) is 0 Å². The van der Waals surface area contributed by atoms with Crippen molar-refractivity contribution in [1.82, 2.24) is 0 Å². The fourth-order valence-electron chi connectivity index (χ4n) is 6.38. The Morgan fingerprint density at radius 2 is 0.534 bits per heavy atom. The smallest absolute Gasteiger partial charge is 0.405 e. The molecule has 4 nitrogen and oxygen atoms in total. The maximum atomic E-state index is 13.6. The zero-order valence-corrected chi connectivity index (χ0v) is 30.1. The Kier molecular flexibility index (Phi) is 11.5. The Morgan fingerprint density at radius 3 is 0.776 bits per heavy atom. The standard InChI is InChI=1S/C45H30F9NO3/c1-28(34-19-7-13-25-40(34)56-43(46,47)48)31-16-4-10-22-37(31)55(38-23-11-5-17-32(38)29(2)35-20-8-14-26-41(35)57-44(49,50)51)39-24-12-6-18-33(39)30(3)36-21-9-15-27-42(36)58-45(52,53)54/h4-27H,1-3H2. The lowest BCUT2D eigenvalue weighted by atomic mass is 9.92. The summed E-state index contributed by atoms with van der Waals surface area (Å²) in [5, 5.41) is 0. The van der Waals surface area contributed by atoms with E-state index in [4.69, 9.17) is 0 Å². The van der Waals surface area contributed by atoms with Crippen molar-refractivity contribution in [3.05, 3.63) is 199 Å². The Bertz CT molecular complexity index is 2210. The molecule has 0 amide bonds. The summed E-state index contributed by atoms with van der Waals surface area (Å²) < 4.78 is 135. The first-order chi connectivity index (χ1) is 27.4. The lowest BCUT2D eigenvalue weighted by Gasteiger charge is -2.32. The molecule has 0 atom stereocenters. The van der Waals surface area contributed by atoms with E-state index in [0.717, 1.165) is 18.2 Å². The van der Waals surface area contributed by atoms with Crippen LogP contribution in [0.1, 0.15) is 33.4 Å². The molecule has 0 N–H and O–H groups in total. The first kappa shape index (κ1) is 40.8. The minimum absolute atomic E-state index is 0.0148. The fourth-order valence-corrected chi connectivity index (χ4v) is 6.38. The van der Waals surface area contributed by atoms with Gasteiger partial charge in [0.2, 0.25) is 0 Å². The molecular formula is C45H30F9NO3. The number of hydrogen-bond acceptors (Lipinski definition) is 4. The van der Waals surface area contributed by atoms with Crippen LogP contribution >= 0.6 is 0 Å². The third-order valence-corrected chi connectivity index (χ3v) is 8.72. The highest BCUT2D eigenvalue weighted by Crippen LogP contribution is 2.48. The predicted molar refractivity (Wildman–Crippen MR) is 205 cm³/mol. The summed E-state index contributed by atoms with van der Waals surface area (Å²) in [6.45, 7) is 12.5. The minimum atomic E-state index is -5.04. The second-order valence-corrected chi connectivity index (χ2v) is 12.5. The number of para-hydroxylation sites is 6. The van der Waals surface area contributed by atoms with E-state index in [-0.39, 0.29) is 67.2 Å². The summed E-state index contributed by atoms with van der Waals surface area (Å²) in [7, 11) is 0. The minimum Gasteiger partial charge on any atom is -0.405 e. The monoisotopic (exact) mass is 803 g/mol. The van der Waals surface area contributed by atoms with Crippen LogP contribution in [0.3, 0.4) is 0 Å². The van der Waals surface area contributed by atoms with Gasteiger partial charge in [-0.25, -0.2) is 0 Å².